The number of aromatic nitrogens is 1. The summed E-state index contributed by atoms with van der Waals surface area (Å²) in [6.07, 6.45) is 6.05. The molecule has 0 aromatic carbocycles. The van der Waals surface area contributed by atoms with Gasteiger partial charge in [0.2, 0.25) is 0 Å². The van der Waals surface area contributed by atoms with Crippen LogP contribution >= 0.6 is 11.3 Å². The molecule has 5 heteroatoms. The summed E-state index contributed by atoms with van der Waals surface area (Å²) < 4.78 is 0. The molecule has 1 saturated carbocycles. The zero-order valence-corrected chi connectivity index (χ0v) is 12.3. The van der Waals surface area contributed by atoms with Crippen molar-refractivity contribution in [1.82, 2.24) is 15.2 Å². The Morgan fingerprint density at radius 1 is 1.42 bits per heavy atom. The standard InChI is InChI=1S/C14H21N3OS/c1-11-16-12(9-19-11)13(18)17-8-7-15-10-14(17)5-3-2-4-6-14/h9,15H,2-8,10H2,1H3. The molecule has 0 bridgehead atoms. The van der Waals surface area contributed by atoms with Gasteiger partial charge < -0.3 is 10.2 Å². The fourth-order valence-electron chi connectivity index (χ4n) is 3.42. The number of hydrogen-bond acceptors (Lipinski definition) is 4. The third-order valence-electron chi connectivity index (χ3n) is 4.41. The van der Waals surface area contributed by atoms with Crippen LogP contribution < -0.4 is 5.32 Å². The number of piperazine rings is 1. The van der Waals surface area contributed by atoms with Crippen LogP contribution in [0.3, 0.4) is 0 Å². The molecule has 19 heavy (non-hydrogen) atoms. The minimum Gasteiger partial charge on any atom is -0.329 e. The number of aryl methyl sites for hydroxylation is 1. The van der Waals surface area contributed by atoms with E-state index in [-0.39, 0.29) is 11.4 Å². The minimum atomic E-state index is 0.0467. The molecule has 2 aliphatic rings. The maximum atomic E-state index is 12.7. The number of hydrogen-bond donors (Lipinski definition) is 1. The molecule has 2 heterocycles. The molecule has 1 aromatic heterocycles. The second-order valence-electron chi connectivity index (χ2n) is 5.67. The van der Waals surface area contributed by atoms with E-state index in [1.807, 2.05) is 12.3 Å². The van der Waals surface area contributed by atoms with Crippen LogP contribution in [0.15, 0.2) is 5.38 Å². The molecule has 2 fully saturated rings. The zero-order valence-electron chi connectivity index (χ0n) is 11.4. The van der Waals surface area contributed by atoms with Gasteiger partial charge >= 0.3 is 0 Å². The maximum Gasteiger partial charge on any atom is 0.273 e. The summed E-state index contributed by atoms with van der Waals surface area (Å²) >= 11 is 1.56. The number of amides is 1. The molecule has 1 amide bonds. The fourth-order valence-corrected chi connectivity index (χ4v) is 4.00. The Hall–Kier alpha value is -0.940. The van der Waals surface area contributed by atoms with Crippen LogP contribution in [0.5, 0.6) is 0 Å². The van der Waals surface area contributed by atoms with Crippen LogP contribution in [-0.4, -0.2) is 41.0 Å². The largest absolute Gasteiger partial charge is 0.329 e. The first kappa shape index (κ1) is 13.1. The molecule has 3 rings (SSSR count). The van der Waals surface area contributed by atoms with Gasteiger partial charge in [-0.1, -0.05) is 19.3 Å². The lowest BCUT2D eigenvalue weighted by Crippen LogP contribution is -2.63. The van der Waals surface area contributed by atoms with Crippen LogP contribution in [0, 0.1) is 6.92 Å². The highest BCUT2D eigenvalue weighted by molar-refractivity contribution is 7.09. The van der Waals surface area contributed by atoms with Crippen molar-refractivity contribution in [1.29, 1.82) is 0 Å². The number of thiazole rings is 1. The van der Waals surface area contributed by atoms with E-state index in [0.717, 1.165) is 37.5 Å². The van der Waals surface area contributed by atoms with E-state index in [4.69, 9.17) is 0 Å². The smallest absolute Gasteiger partial charge is 0.273 e. The third-order valence-corrected chi connectivity index (χ3v) is 5.18. The van der Waals surface area contributed by atoms with Gasteiger partial charge in [-0.2, -0.15) is 0 Å². The molecule has 1 spiro atoms. The van der Waals surface area contributed by atoms with Crippen molar-refractivity contribution in [2.75, 3.05) is 19.6 Å². The van der Waals surface area contributed by atoms with Crippen LogP contribution in [0.2, 0.25) is 0 Å². The van der Waals surface area contributed by atoms with E-state index in [0.29, 0.717) is 5.69 Å². The van der Waals surface area contributed by atoms with Gasteiger partial charge in [-0.15, -0.1) is 11.3 Å². The van der Waals surface area contributed by atoms with E-state index in [9.17, 15) is 4.79 Å². The summed E-state index contributed by atoms with van der Waals surface area (Å²) in [6.45, 7) is 4.61. The lowest BCUT2D eigenvalue weighted by atomic mass is 9.79. The predicted octanol–water partition coefficient (Wildman–Crippen LogP) is 2.20. The fraction of sp³-hybridized carbons (Fsp3) is 0.714. The van der Waals surface area contributed by atoms with Gasteiger partial charge in [0.25, 0.3) is 5.91 Å². The summed E-state index contributed by atoms with van der Waals surface area (Å²) in [5.41, 5.74) is 0.680. The van der Waals surface area contributed by atoms with Crippen molar-refractivity contribution < 1.29 is 4.79 Å². The van der Waals surface area contributed by atoms with E-state index >= 15 is 0 Å². The molecule has 1 aliphatic heterocycles. The Balaban J connectivity index is 1.85. The topological polar surface area (TPSA) is 45.2 Å². The summed E-state index contributed by atoms with van der Waals surface area (Å²) in [4.78, 5) is 19.2. The molecule has 0 atom stereocenters. The van der Waals surface area contributed by atoms with Crippen molar-refractivity contribution in [2.24, 2.45) is 0 Å². The van der Waals surface area contributed by atoms with Crippen molar-refractivity contribution in [3.63, 3.8) is 0 Å². The number of nitrogens with zero attached hydrogens (tertiary/aromatic N) is 2. The normalized spacial score (nSPS) is 22.7. The average molecular weight is 279 g/mol. The molecule has 1 aromatic rings. The van der Waals surface area contributed by atoms with Crippen LogP contribution in [-0.2, 0) is 0 Å². The van der Waals surface area contributed by atoms with E-state index in [1.165, 1.54) is 19.3 Å². The summed E-state index contributed by atoms with van der Waals surface area (Å²) in [7, 11) is 0. The van der Waals surface area contributed by atoms with Crippen LogP contribution in [0.4, 0.5) is 0 Å². The van der Waals surface area contributed by atoms with Gasteiger partial charge in [-0.05, 0) is 19.8 Å². The summed E-state index contributed by atoms with van der Waals surface area (Å²) in [6, 6.07) is 0. The van der Waals surface area contributed by atoms with Gasteiger partial charge in [0.1, 0.15) is 5.69 Å². The van der Waals surface area contributed by atoms with E-state index in [1.54, 1.807) is 11.3 Å². The number of nitrogens with one attached hydrogen (secondary N) is 1. The Morgan fingerprint density at radius 2 is 2.21 bits per heavy atom. The Labute approximate surface area is 118 Å². The Bertz CT molecular complexity index is 457. The molecule has 1 N–H and O–H groups in total. The van der Waals surface area contributed by atoms with E-state index in [2.05, 4.69) is 15.2 Å². The van der Waals surface area contributed by atoms with Gasteiger partial charge in [-0.25, -0.2) is 4.98 Å². The number of carbonyl (C=O) groups excluding carboxylic acids is 1. The monoisotopic (exact) mass is 279 g/mol. The van der Waals surface area contributed by atoms with Gasteiger partial charge in [0, 0.05) is 25.0 Å². The first-order valence-corrected chi connectivity index (χ1v) is 8.04. The van der Waals surface area contributed by atoms with Crippen LogP contribution in [0.25, 0.3) is 0 Å². The molecule has 4 nitrogen and oxygen atoms in total. The molecular formula is C14H21N3OS. The third kappa shape index (κ3) is 2.41. The van der Waals surface area contributed by atoms with Crippen molar-refractivity contribution in [3.8, 4) is 0 Å². The molecule has 1 saturated heterocycles. The van der Waals surface area contributed by atoms with Crippen molar-refractivity contribution in [3.05, 3.63) is 16.1 Å². The van der Waals surface area contributed by atoms with E-state index < -0.39 is 0 Å². The minimum absolute atomic E-state index is 0.0467. The Morgan fingerprint density at radius 3 is 2.89 bits per heavy atom. The molecule has 0 radical (unpaired) electrons. The highest BCUT2D eigenvalue weighted by Gasteiger charge is 2.42. The second kappa shape index (κ2) is 5.21. The van der Waals surface area contributed by atoms with Crippen LogP contribution in [0.1, 0.15) is 47.6 Å². The average Bonchev–Trinajstić information content (AvgIpc) is 2.86. The lowest BCUT2D eigenvalue weighted by molar-refractivity contribution is 0.0218. The van der Waals surface area contributed by atoms with Gasteiger partial charge in [0.15, 0.2) is 0 Å². The highest BCUT2D eigenvalue weighted by atomic mass is 32.1. The first-order valence-electron chi connectivity index (χ1n) is 7.16. The molecular weight excluding hydrogens is 258 g/mol. The maximum absolute atomic E-state index is 12.7. The Kier molecular flexibility index (Phi) is 3.58. The SMILES string of the molecule is Cc1nc(C(=O)N2CCNCC23CCCCC3)cs1. The van der Waals surface area contributed by atoms with Gasteiger partial charge in [-0.3, -0.25) is 4.79 Å². The molecule has 104 valence electrons. The van der Waals surface area contributed by atoms with Gasteiger partial charge in [0.05, 0.1) is 10.5 Å². The molecule has 1 aliphatic carbocycles. The first-order chi connectivity index (χ1) is 9.21. The lowest BCUT2D eigenvalue weighted by Gasteiger charge is -2.49. The van der Waals surface area contributed by atoms with Crippen molar-refractivity contribution >= 4 is 17.2 Å². The number of carbonyl (C=O) groups is 1. The van der Waals surface area contributed by atoms with Crippen molar-refractivity contribution in [2.45, 2.75) is 44.6 Å². The zero-order chi connectivity index (χ0) is 13.3. The highest BCUT2D eigenvalue weighted by Crippen LogP contribution is 2.35. The number of rotatable bonds is 1. The predicted molar refractivity (Wildman–Crippen MR) is 76.6 cm³/mol. The molecule has 0 unspecified atom stereocenters. The quantitative estimate of drug-likeness (QED) is 0.857. The summed E-state index contributed by atoms with van der Waals surface area (Å²) in [5, 5.41) is 6.34. The second-order valence-corrected chi connectivity index (χ2v) is 6.73. The summed E-state index contributed by atoms with van der Waals surface area (Å²) in [5.74, 6) is 0.132.